The number of aliphatic carboxylic acids is 1. The van der Waals surface area contributed by atoms with Crippen LogP contribution in [0, 0.1) is 0 Å². The number of carboxylic acid groups (broad SMARTS) is 1. The molecule has 0 aliphatic rings. The van der Waals surface area contributed by atoms with Gasteiger partial charge in [0, 0.05) is 25.7 Å². The number of furan rings is 1. The summed E-state index contributed by atoms with van der Waals surface area (Å²) in [5, 5.41) is 11.4. The topological polar surface area (TPSA) is 99.9 Å². The lowest BCUT2D eigenvalue weighted by Crippen LogP contribution is -2.29. The monoisotopic (exact) mass is 330 g/mol. The first-order chi connectivity index (χ1) is 11.5. The van der Waals surface area contributed by atoms with E-state index < -0.39 is 5.97 Å². The van der Waals surface area contributed by atoms with Crippen LogP contribution in [0.15, 0.2) is 47.1 Å². The molecule has 2 N–H and O–H groups in total. The molecule has 2 amide bonds. The van der Waals surface area contributed by atoms with Gasteiger partial charge < -0.3 is 19.7 Å². The van der Waals surface area contributed by atoms with Crippen LogP contribution in [0.1, 0.15) is 32.9 Å². The summed E-state index contributed by atoms with van der Waals surface area (Å²) in [6, 6.07) is 9.98. The lowest BCUT2D eigenvalue weighted by Gasteiger charge is -2.16. The second-order valence-electron chi connectivity index (χ2n) is 5.23. The predicted octanol–water partition coefficient (Wildman–Crippen LogP) is 1.76. The number of benzene rings is 1. The number of rotatable bonds is 7. The normalized spacial score (nSPS) is 10.2. The Kier molecular flexibility index (Phi) is 5.73. The standard InChI is InChI=1S/C17H18N2O5/c1-19(9-8-15(20)21)17(23)13-6-4-12(5-7-13)11-18-16(22)14-3-2-10-24-14/h2-7,10H,8-9,11H2,1H3,(H,18,22)(H,20,21). The molecular formula is C17H18N2O5. The number of nitrogens with one attached hydrogen (secondary N) is 1. The highest BCUT2D eigenvalue weighted by atomic mass is 16.4. The van der Waals surface area contributed by atoms with Gasteiger partial charge in [0.05, 0.1) is 12.7 Å². The highest BCUT2D eigenvalue weighted by molar-refractivity contribution is 5.94. The van der Waals surface area contributed by atoms with E-state index in [0.717, 1.165) is 5.56 Å². The largest absolute Gasteiger partial charge is 0.481 e. The van der Waals surface area contributed by atoms with E-state index >= 15 is 0 Å². The van der Waals surface area contributed by atoms with Gasteiger partial charge in [0.25, 0.3) is 11.8 Å². The third kappa shape index (κ3) is 4.70. The van der Waals surface area contributed by atoms with Crippen LogP contribution in [0.5, 0.6) is 0 Å². The average Bonchev–Trinajstić information content (AvgIpc) is 3.12. The second kappa shape index (κ2) is 7.96. The molecule has 1 heterocycles. The van der Waals surface area contributed by atoms with Crippen molar-refractivity contribution in [2.75, 3.05) is 13.6 Å². The average molecular weight is 330 g/mol. The van der Waals surface area contributed by atoms with Gasteiger partial charge in [0.15, 0.2) is 5.76 Å². The summed E-state index contributed by atoms with van der Waals surface area (Å²) in [6.07, 6.45) is 1.33. The van der Waals surface area contributed by atoms with Gasteiger partial charge in [-0.1, -0.05) is 12.1 Å². The minimum atomic E-state index is -0.947. The summed E-state index contributed by atoms with van der Waals surface area (Å²) in [7, 11) is 1.56. The fourth-order valence-electron chi connectivity index (χ4n) is 2.03. The minimum absolute atomic E-state index is 0.0981. The van der Waals surface area contributed by atoms with Crippen molar-refractivity contribution in [2.45, 2.75) is 13.0 Å². The summed E-state index contributed by atoms with van der Waals surface area (Å²) >= 11 is 0. The molecule has 0 saturated heterocycles. The van der Waals surface area contributed by atoms with Crippen LogP contribution in [0.4, 0.5) is 0 Å². The number of hydrogen-bond acceptors (Lipinski definition) is 4. The second-order valence-corrected chi connectivity index (χ2v) is 5.23. The Bertz CT molecular complexity index is 707. The molecule has 0 spiro atoms. The van der Waals surface area contributed by atoms with Crippen molar-refractivity contribution < 1.29 is 23.9 Å². The van der Waals surface area contributed by atoms with Crippen molar-refractivity contribution in [1.29, 1.82) is 0 Å². The molecule has 7 heteroatoms. The van der Waals surface area contributed by atoms with Gasteiger partial charge in [0.2, 0.25) is 0 Å². The van der Waals surface area contributed by atoms with E-state index in [1.807, 2.05) is 0 Å². The van der Waals surface area contributed by atoms with Crippen molar-refractivity contribution >= 4 is 17.8 Å². The van der Waals surface area contributed by atoms with E-state index in [4.69, 9.17) is 9.52 Å². The zero-order valence-corrected chi connectivity index (χ0v) is 13.2. The number of carbonyl (C=O) groups is 3. The molecular weight excluding hydrogens is 312 g/mol. The van der Waals surface area contributed by atoms with Gasteiger partial charge in [-0.05, 0) is 29.8 Å². The van der Waals surface area contributed by atoms with Crippen LogP contribution in [0.2, 0.25) is 0 Å². The Labute approximate surface area is 138 Å². The van der Waals surface area contributed by atoms with Gasteiger partial charge in [-0.25, -0.2) is 0 Å². The Balaban J connectivity index is 1.89. The SMILES string of the molecule is CN(CCC(=O)O)C(=O)c1ccc(CNC(=O)c2ccco2)cc1. The van der Waals surface area contributed by atoms with Crippen LogP contribution < -0.4 is 5.32 Å². The van der Waals surface area contributed by atoms with E-state index in [1.54, 1.807) is 43.4 Å². The number of hydrogen-bond donors (Lipinski definition) is 2. The molecule has 0 aliphatic carbocycles. The summed E-state index contributed by atoms with van der Waals surface area (Å²) in [6.45, 7) is 0.456. The lowest BCUT2D eigenvalue weighted by molar-refractivity contribution is -0.137. The van der Waals surface area contributed by atoms with Crippen molar-refractivity contribution in [1.82, 2.24) is 10.2 Å². The first-order valence-electron chi connectivity index (χ1n) is 7.35. The third-order valence-electron chi connectivity index (χ3n) is 3.41. The van der Waals surface area contributed by atoms with E-state index in [9.17, 15) is 14.4 Å². The summed E-state index contributed by atoms with van der Waals surface area (Å²) in [5.74, 6) is -1.27. The zero-order valence-electron chi connectivity index (χ0n) is 13.2. The van der Waals surface area contributed by atoms with Crippen molar-refractivity contribution in [3.05, 3.63) is 59.5 Å². The van der Waals surface area contributed by atoms with Crippen molar-refractivity contribution in [2.24, 2.45) is 0 Å². The summed E-state index contributed by atoms with van der Waals surface area (Å²) in [5.41, 5.74) is 1.30. The fraction of sp³-hybridized carbons (Fsp3) is 0.235. The molecule has 0 bridgehead atoms. The first kappa shape index (κ1) is 17.3. The van der Waals surface area contributed by atoms with E-state index in [-0.39, 0.29) is 30.5 Å². The Hall–Kier alpha value is -3.09. The maximum Gasteiger partial charge on any atom is 0.305 e. The molecule has 0 atom stereocenters. The van der Waals surface area contributed by atoms with E-state index in [0.29, 0.717) is 12.1 Å². The third-order valence-corrected chi connectivity index (χ3v) is 3.41. The number of nitrogens with zero attached hydrogens (tertiary/aromatic N) is 1. The molecule has 7 nitrogen and oxygen atoms in total. The smallest absolute Gasteiger partial charge is 0.305 e. The van der Waals surface area contributed by atoms with E-state index in [1.165, 1.54) is 11.2 Å². The Morgan fingerprint density at radius 3 is 2.46 bits per heavy atom. The summed E-state index contributed by atoms with van der Waals surface area (Å²) < 4.78 is 5.00. The van der Waals surface area contributed by atoms with Crippen LogP contribution in [0.3, 0.4) is 0 Å². The molecule has 2 aromatic rings. The first-order valence-corrected chi connectivity index (χ1v) is 7.35. The minimum Gasteiger partial charge on any atom is -0.481 e. The number of carboxylic acids is 1. The molecule has 0 fully saturated rings. The maximum atomic E-state index is 12.1. The maximum absolute atomic E-state index is 12.1. The van der Waals surface area contributed by atoms with Gasteiger partial charge in [-0.2, -0.15) is 0 Å². The highest BCUT2D eigenvalue weighted by Crippen LogP contribution is 2.08. The Morgan fingerprint density at radius 2 is 1.88 bits per heavy atom. The van der Waals surface area contributed by atoms with Gasteiger partial charge in [-0.15, -0.1) is 0 Å². The van der Waals surface area contributed by atoms with Gasteiger partial charge in [0.1, 0.15) is 0 Å². The highest BCUT2D eigenvalue weighted by Gasteiger charge is 2.13. The molecule has 0 aliphatic heterocycles. The lowest BCUT2D eigenvalue weighted by atomic mass is 10.1. The summed E-state index contributed by atoms with van der Waals surface area (Å²) in [4.78, 5) is 35.8. The molecule has 126 valence electrons. The fourth-order valence-corrected chi connectivity index (χ4v) is 2.03. The zero-order chi connectivity index (χ0) is 17.5. The van der Waals surface area contributed by atoms with Crippen LogP contribution in [-0.4, -0.2) is 41.4 Å². The molecule has 0 radical (unpaired) electrons. The molecule has 0 saturated carbocycles. The molecule has 24 heavy (non-hydrogen) atoms. The molecule has 0 unspecified atom stereocenters. The number of carbonyl (C=O) groups excluding carboxylic acids is 2. The predicted molar refractivity (Wildman–Crippen MR) is 85.5 cm³/mol. The molecule has 1 aromatic carbocycles. The van der Waals surface area contributed by atoms with Crippen LogP contribution in [-0.2, 0) is 11.3 Å². The molecule has 2 rings (SSSR count). The van der Waals surface area contributed by atoms with E-state index in [2.05, 4.69) is 5.32 Å². The van der Waals surface area contributed by atoms with Crippen LogP contribution >= 0.6 is 0 Å². The molecule has 1 aromatic heterocycles. The number of amides is 2. The van der Waals surface area contributed by atoms with Crippen LogP contribution in [0.25, 0.3) is 0 Å². The van der Waals surface area contributed by atoms with Gasteiger partial charge >= 0.3 is 5.97 Å². The van der Waals surface area contributed by atoms with Gasteiger partial charge in [-0.3, -0.25) is 14.4 Å². The quantitative estimate of drug-likeness (QED) is 0.806. The van der Waals surface area contributed by atoms with Crippen molar-refractivity contribution in [3.8, 4) is 0 Å². The van der Waals surface area contributed by atoms with Crippen molar-refractivity contribution in [3.63, 3.8) is 0 Å². The Morgan fingerprint density at radius 1 is 1.17 bits per heavy atom.